The van der Waals surface area contributed by atoms with Gasteiger partial charge in [-0.3, -0.25) is 4.79 Å². The molecule has 0 bridgehead atoms. The zero-order chi connectivity index (χ0) is 8.55. The molecule has 0 saturated heterocycles. The van der Waals surface area contributed by atoms with E-state index < -0.39 is 0 Å². The summed E-state index contributed by atoms with van der Waals surface area (Å²) in [4.78, 5) is 14.4. The van der Waals surface area contributed by atoms with Crippen LogP contribution in [0.2, 0.25) is 0 Å². The molecule has 12 heavy (non-hydrogen) atoms. The van der Waals surface area contributed by atoms with Crippen LogP contribution >= 0.6 is 12.6 Å². The lowest BCUT2D eigenvalue weighted by Crippen LogP contribution is -2.03. The van der Waals surface area contributed by atoms with Gasteiger partial charge in [0, 0.05) is 21.9 Å². The minimum atomic E-state index is -0.112. The van der Waals surface area contributed by atoms with Gasteiger partial charge in [0.1, 0.15) is 0 Å². The van der Waals surface area contributed by atoms with Crippen LogP contribution in [-0.2, 0) is 0 Å². The molecule has 0 amide bonds. The lowest BCUT2D eigenvalue weighted by Gasteiger charge is -1.98. The molecule has 60 valence electrons. The van der Waals surface area contributed by atoms with E-state index in [9.17, 15) is 4.79 Å². The van der Waals surface area contributed by atoms with Crippen LogP contribution in [0.3, 0.4) is 0 Å². The number of benzene rings is 1. The molecule has 3 heteroatoms. The van der Waals surface area contributed by atoms with Crippen LogP contribution in [-0.4, -0.2) is 4.98 Å². The highest BCUT2D eigenvalue weighted by Crippen LogP contribution is 2.16. The van der Waals surface area contributed by atoms with Gasteiger partial charge in [0.15, 0.2) is 0 Å². The summed E-state index contributed by atoms with van der Waals surface area (Å²) < 4.78 is 0. The minimum Gasteiger partial charge on any atom is -0.322 e. The number of aromatic nitrogens is 1. The van der Waals surface area contributed by atoms with Gasteiger partial charge in [-0.05, 0) is 6.07 Å². The van der Waals surface area contributed by atoms with Crippen LogP contribution in [0.5, 0.6) is 0 Å². The number of rotatable bonds is 0. The smallest absolute Gasteiger partial charge is 0.249 e. The fourth-order valence-electron chi connectivity index (χ4n) is 1.19. The van der Waals surface area contributed by atoms with E-state index in [1.807, 2.05) is 24.3 Å². The van der Waals surface area contributed by atoms with Crippen molar-refractivity contribution >= 4 is 23.5 Å². The van der Waals surface area contributed by atoms with E-state index >= 15 is 0 Å². The van der Waals surface area contributed by atoms with E-state index in [0.29, 0.717) is 4.90 Å². The molecule has 1 heterocycles. The first kappa shape index (κ1) is 7.43. The Bertz CT molecular complexity index is 475. The monoisotopic (exact) mass is 177 g/mol. The van der Waals surface area contributed by atoms with Crippen LogP contribution in [0.15, 0.2) is 40.0 Å². The van der Waals surface area contributed by atoms with E-state index in [4.69, 9.17) is 0 Å². The fraction of sp³-hybridized carbons (Fsp3) is 0. The summed E-state index contributed by atoms with van der Waals surface area (Å²) >= 11 is 4.20. The molecule has 1 aromatic carbocycles. The molecule has 0 unspecified atom stereocenters. The summed E-state index contributed by atoms with van der Waals surface area (Å²) in [5, 5.41) is 0.973. The van der Waals surface area contributed by atoms with E-state index in [1.54, 1.807) is 0 Å². The third-order valence-corrected chi connectivity index (χ3v) is 2.10. The SMILES string of the molecule is O=c1cc(S)c2ccccc2[nH]1. The van der Waals surface area contributed by atoms with E-state index in [0.717, 1.165) is 10.9 Å². The second-order valence-electron chi connectivity index (χ2n) is 2.56. The maximum atomic E-state index is 11.0. The van der Waals surface area contributed by atoms with Crippen LogP contribution in [0.25, 0.3) is 10.9 Å². The molecule has 2 rings (SSSR count). The Balaban J connectivity index is 2.99. The van der Waals surface area contributed by atoms with Gasteiger partial charge < -0.3 is 4.98 Å². The summed E-state index contributed by atoms with van der Waals surface area (Å²) in [6.07, 6.45) is 0. The molecular weight excluding hydrogens is 170 g/mol. The highest BCUT2D eigenvalue weighted by molar-refractivity contribution is 7.80. The van der Waals surface area contributed by atoms with Crippen molar-refractivity contribution in [2.45, 2.75) is 4.90 Å². The average Bonchev–Trinajstić information content (AvgIpc) is 2.04. The lowest BCUT2D eigenvalue weighted by molar-refractivity contribution is 1.26. The Morgan fingerprint density at radius 1 is 1.25 bits per heavy atom. The molecule has 0 radical (unpaired) electrons. The normalized spacial score (nSPS) is 10.4. The number of hydrogen-bond donors (Lipinski definition) is 2. The minimum absolute atomic E-state index is 0.112. The summed E-state index contributed by atoms with van der Waals surface area (Å²) in [5.41, 5.74) is 0.716. The Labute approximate surface area is 74.6 Å². The van der Waals surface area contributed by atoms with Crippen LogP contribution in [0, 0.1) is 0 Å². The molecule has 0 atom stereocenters. The standard InChI is InChI=1S/C9H7NOS/c11-9-5-8(12)6-3-1-2-4-7(6)10-9/h1-5H,(H2,10,11,12). The molecule has 0 aliphatic carbocycles. The van der Waals surface area contributed by atoms with E-state index in [-0.39, 0.29) is 5.56 Å². The second-order valence-corrected chi connectivity index (χ2v) is 3.05. The van der Waals surface area contributed by atoms with Gasteiger partial charge in [0.2, 0.25) is 5.56 Å². The Morgan fingerprint density at radius 3 is 2.83 bits per heavy atom. The van der Waals surface area contributed by atoms with Gasteiger partial charge in [0.25, 0.3) is 0 Å². The van der Waals surface area contributed by atoms with Crippen molar-refractivity contribution in [3.05, 3.63) is 40.7 Å². The van der Waals surface area contributed by atoms with Gasteiger partial charge in [-0.15, -0.1) is 12.6 Å². The molecular formula is C9H7NOS. The number of pyridine rings is 1. The zero-order valence-corrected chi connectivity index (χ0v) is 7.14. The molecule has 0 aliphatic heterocycles. The predicted octanol–water partition coefficient (Wildman–Crippen LogP) is 1.82. The first-order chi connectivity index (χ1) is 5.77. The Kier molecular flexibility index (Phi) is 1.66. The number of aromatic amines is 1. The second kappa shape index (κ2) is 2.68. The highest BCUT2D eigenvalue weighted by atomic mass is 32.1. The van der Waals surface area contributed by atoms with Gasteiger partial charge in [0.05, 0.1) is 0 Å². The first-order valence-corrected chi connectivity index (χ1v) is 4.03. The Morgan fingerprint density at radius 2 is 2.00 bits per heavy atom. The first-order valence-electron chi connectivity index (χ1n) is 3.58. The predicted molar refractivity (Wildman–Crippen MR) is 51.8 cm³/mol. The van der Waals surface area contributed by atoms with Crippen molar-refractivity contribution in [3.63, 3.8) is 0 Å². The maximum absolute atomic E-state index is 11.0. The molecule has 0 saturated carbocycles. The van der Waals surface area contributed by atoms with Crippen molar-refractivity contribution in [1.82, 2.24) is 4.98 Å². The molecule has 2 aromatic rings. The van der Waals surface area contributed by atoms with Crippen molar-refractivity contribution < 1.29 is 0 Å². The van der Waals surface area contributed by atoms with Crippen LogP contribution in [0.4, 0.5) is 0 Å². The topological polar surface area (TPSA) is 32.9 Å². The summed E-state index contributed by atoms with van der Waals surface area (Å²) in [7, 11) is 0. The quantitative estimate of drug-likeness (QED) is 0.591. The number of para-hydroxylation sites is 1. The van der Waals surface area contributed by atoms with Gasteiger partial charge >= 0.3 is 0 Å². The molecule has 0 aliphatic rings. The number of thiol groups is 1. The Hall–Kier alpha value is -1.22. The highest BCUT2D eigenvalue weighted by Gasteiger charge is 1.96. The third-order valence-electron chi connectivity index (χ3n) is 1.73. The number of fused-ring (bicyclic) bond motifs is 1. The number of nitrogens with one attached hydrogen (secondary N) is 1. The zero-order valence-electron chi connectivity index (χ0n) is 6.24. The van der Waals surface area contributed by atoms with Crippen molar-refractivity contribution in [2.75, 3.05) is 0 Å². The fourth-order valence-corrected chi connectivity index (χ4v) is 1.50. The summed E-state index contributed by atoms with van der Waals surface area (Å²) in [6.45, 7) is 0. The third kappa shape index (κ3) is 1.12. The molecule has 0 fully saturated rings. The van der Waals surface area contributed by atoms with Crippen molar-refractivity contribution in [1.29, 1.82) is 0 Å². The number of hydrogen-bond acceptors (Lipinski definition) is 2. The molecule has 2 nitrogen and oxygen atoms in total. The van der Waals surface area contributed by atoms with Crippen LogP contribution in [0.1, 0.15) is 0 Å². The molecule has 1 N–H and O–H groups in total. The summed E-state index contributed by atoms with van der Waals surface area (Å²) in [5.74, 6) is 0. The number of H-pyrrole nitrogens is 1. The van der Waals surface area contributed by atoms with E-state index in [2.05, 4.69) is 17.6 Å². The lowest BCUT2D eigenvalue weighted by atomic mass is 10.2. The van der Waals surface area contributed by atoms with Crippen molar-refractivity contribution in [3.8, 4) is 0 Å². The van der Waals surface area contributed by atoms with Gasteiger partial charge in [-0.1, -0.05) is 18.2 Å². The molecule has 0 spiro atoms. The average molecular weight is 177 g/mol. The van der Waals surface area contributed by atoms with Crippen LogP contribution < -0.4 is 5.56 Å². The largest absolute Gasteiger partial charge is 0.322 e. The summed E-state index contributed by atoms with van der Waals surface area (Å²) in [6, 6.07) is 9.06. The molecule has 1 aromatic heterocycles. The van der Waals surface area contributed by atoms with Crippen molar-refractivity contribution in [2.24, 2.45) is 0 Å². The van der Waals surface area contributed by atoms with Gasteiger partial charge in [-0.2, -0.15) is 0 Å². The van der Waals surface area contributed by atoms with Gasteiger partial charge in [-0.25, -0.2) is 0 Å². The maximum Gasteiger partial charge on any atom is 0.249 e. The van der Waals surface area contributed by atoms with E-state index in [1.165, 1.54) is 6.07 Å².